The van der Waals surface area contributed by atoms with Crippen molar-refractivity contribution in [2.24, 2.45) is 23.7 Å². The van der Waals surface area contributed by atoms with Crippen molar-refractivity contribution in [1.82, 2.24) is 0 Å². The Morgan fingerprint density at radius 1 is 0.588 bits per heavy atom. The molecule has 2 aliphatic carbocycles. The minimum absolute atomic E-state index is 0. The zero-order chi connectivity index (χ0) is 12.0. The Kier molecular flexibility index (Phi) is 9.99. The van der Waals surface area contributed by atoms with E-state index < -0.39 is 0 Å². The maximum absolute atomic E-state index is 2.34. The van der Waals surface area contributed by atoms with Gasteiger partial charge in [0, 0.05) is 21.1 Å². The number of hydrogen-bond acceptors (Lipinski definition) is 0. The molecule has 0 radical (unpaired) electrons. The molecule has 2 rings (SSSR count). The summed E-state index contributed by atoms with van der Waals surface area (Å²) in [6.45, 7) is 9.37. The fourth-order valence-corrected chi connectivity index (χ4v) is 3.25. The van der Waals surface area contributed by atoms with Gasteiger partial charge in [-0.25, -0.2) is 0 Å². The van der Waals surface area contributed by atoms with E-state index in [-0.39, 0.29) is 21.1 Å². The van der Waals surface area contributed by atoms with Gasteiger partial charge in [0.2, 0.25) is 0 Å². The average Bonchev–Trinajstić information content (AvgIpc) is 2.93. The monoisotopic (exact) mass is 408 g/mol. The molecular formula is C16H32W. The Bertz CT molecular complexity index is 142. The van der Waals surface area contributed by atoms with Crippen LogP contribution in [0.3, 0.4) is 0 Å². The molecule has 2 saturated carbocycles. The van der Waals surface area contributed by atoms with Crippen molar-refractivity contribution < 1.29 is 21.1 Å². The van der Waals surface area contributed by atoms with Crippen molar-refractivity contribution in [3.63, 3.8) is 0 Å². The van der Waals surface area contributed by atoms with E-state index in [1.165, 1.54) is 51.4 Å². The molecule has 1 heteroatoms. The van der Waals surface area contributed by atoms with Gasteiger partial charge >= 0.3 is 0 Å². The largest absolute Gasteiger partial charge is 0.0625 e. The average molecular weight is 408 g/mol. The van der Waals surface area contributed by atoms with E-state index in [4.69, 9.17) is 0 Å². The molecule has 0 N–H and O–H groups in total. The summed E-state index contributed by atoms with van der Waals surface area (Å²) in [6.07, 6.45) is 11.9. The van der Waals surface area contributed by atoms with Gasteiger partial charge in [-0.15, -0.1) is 0 Å². The Balaban J connectivity index is 0.000000284. The zero-order valence-electron chi connectivity index (χ0n) is 12.4. The van der Waals surface area contributed by atoms with Crippen LogP contribution in [0.1, 0.15) is 79.1 Å². The predicted molar refractivity (Wildman–Crippen MR) is 73.6 cm³/mol. The van der Waals surface area contributed by atoms with E-state index in [1.807, 2.05) is 0 Å². The summed E-state index contributed by atoms with van der Waals surface area (Å²) in [5, 5.41) is 0. The third kappa shape index (κ3) is 6.99. The van der Waals surface area contributed by atoms with Gasteiger partial charge in [-0.05, 0) is 23.7 Å². The van der Waals surface area contributed by atoms with Gasteiger partial charge in [-0.2, -0.15) is 0 Å². The van der Waals surface area contributed by atoms with Crippen LogP contribution >= 0.6 is 0 Å². The second-order valence-electron chi connectivity index (χ2n) is 6.58. The molecule has 0 aromatic heterocycles. The molecule has 102 valence electrons. The van der Waals surface area contributed by atoms with E-state index in [0.717, 1.165) is 23.7 Å². The first-order valence-electron chi connectivity index (χ1n) is 7.61. The van der Waals surface area contributed by atoms with Crippen LogP contribution in [0.5, 0.6) is 0 Å². The first kappa shape index (κ1) is 17.7. The van der Waals surface area contributed by atoms with E-state index in [9.17, 15) is 0 Å². The molecule has 0 heterocycles. The van der Waals surface area contributed by atoms with Crippen molar-refractivity contribution in [2.45, 2.75) is 79.1 Å². The van der Waals surface area contributed by atoms with E-state index >= 15 is 0 Å². The Morgan fingerprint density at radius 2 is 0.824 bits per heavy atom. The molecule has 0 aliphatic heterocycles. The first-order valence-corrected chi connectivity index (χ1v) is 7.61. The molecular weight excluding hydrogens is 376 g/mol. The number of hydrogen-bond donors (Lipinski definition) is 0. The van der Waals surface area contributed by atoms with E-state index in [2.05, 4.69) is 27.7 Å². The minimum Gasteiger partial charge on any atom is -0.0625 e. The van der Waals surface area contributed by atoms with Crippen molar-refractivity contribution in [3.05, 3.63) is 0 Å². The topological polar surface area (TPSA) is 0 Å². The van der Waals surface area contributed by atoms with E-state index in [1.54, 1.807) is 0 Å². The Hall–Kier alpha value is 0.688. The quantitative estimate of drug-likeness (QED) is 0.553. The Labute approximate surface area is 124 Å². The van der Waals surface area contributed by atoms with Crippen LogP contribution in [0.4, 0.5) is 0 Å². The molecule has 0 atom stereocenters. The fraction of sp³-hybridized carbons (Fsp3) is 1.00. The summed E-state index contributed by atoms with van der Waals surface area (Å²) < 4.78 is 0. The van der Waals surface area contributed by atoms with Crippen LogP contribution < -0.4 is 0 Å². The summed E-state index contributed by atoms with van der Waals surface area (Å²) in [4.78, 5) is 0. The van der Waals surface area contributed by atoms with Crippen molar-refractivity contribution in [1.29, 1.82) is 0 Å². The standard InChI is InChI=1S/2C8H16.W/c2*1-7(2)8-5-3-4-6-8;/h2*7-8H,3-6H2,1-2H3;. The van der Waals surface area contributed by atoms with Crippen LogP contribution in [0.15, 0.2) is 0 Å². The molecule has 0 aromatic rings. The Morgan fingerprint density at radius 3 is 0.941 bits per heavy atom. The van der Waals surface area contributed by atoms with Crippen LogP contribution in [0, 0.1) is 23.7 Å². The third-order valence-electron chi connectivity index (χ3n) is 4.69. The molecule has 0 nitrogen and oxygen atoms in total. The van der Waals surface area contributed by atoms with Crippen LogP contribution in [0.2, 0.25) is 0 Å². The van der Waals surface area contributed by atoms with Gasteiger partial charge in [-0.1, -0.05) is 79.1 Å². The van der Waals surface area contributed by atoms with Crippen molar-refractivity contribution in [2.75, 3.05) is 0 Å². The summed E-state index contributed by atoms with van der Waals surface area (Å²) in [5.74, 6) is 4.01. The molecule has 2 aliphatic rings. The molecule has 2 fully saturated rings. The van der Waals surface area contributed by atoms with Crippen molar-refractivity contribution >= 4 is 0 Å². The second-order valence-corrected chi connectivity index (χ2v) is 6.58. The van der Waals surface area contributed by atoms with Gasteiger partial charge in [-0.3, -0.25) is 0 Å². The van der Waals surface area contributed by atoms with Gasteiger partial charge < -0.3 is 0 Å². The van der Waals surface area contributed by atoms with Crippen LogP contribution in [-0.4, -0.2) is 0 Å². The maximum atomic E-state index is 2.34. The van der Waals surface area contributed by atoms with Gasteiger partial charge in [0.15, 0.2) is 0 Å². The zero-order valence-corrected chi connectivity index (χ0v) is 15.3. The summed E-state index contributed by atoms with van der Waals surface area (Å²) in [5.41, 5.74) is 0. The summed E-state index contributed by atoms with van der Waals surface area (Å²) in [6, 6.07) is 0. The normalized spacial score (nSPS) is 21.5. The molecule has 0 unspecified atom stereocenters. The second kappa shape index (κ2) is 9.60. The number of rotatable bonds is 2. The van der Waals surface area contributed by atoms with Gasteiger partial charge in [0.1, 0.15) is 0 Å². The SMILES string of the molecule is CC(C)C1CCCC1.CC(C)C1CCCC1.[W]. The van der Waals surface area contributed by atoms with Gasteiger partial charge in [0.25, 0.3) is 0 Å². The molecule has 0 spiro atoms. The summed E-state index contributed by atoms with van der Waals surface area (Å²) >= 11 is 0. The third-order valence-corrected chi connectivity index (χ3v) is 4.69. The van der Waals surface area contributed by atoms with Crippen LogP contribution in [0.25, 0.3) is 0 Å². The van der Waals surface area contributed by atoms with Gasteiger partial charge in [0.05, 0.1) is 0 Å². The van der Waals surface area contributed by atoms with E-state index in [0.29, 0.717) is 0 Å². The smallest absolute Gasteiger partial charge is 0 e. The van der Waals surface area contributed by atoms with Crippen LogP contribution in [-0.2, 0) is 21.1 Å². The summed E-state index contributed by atoms with van der Waals surface area (Å²) in [7, 11) is 0. The minimum atomic E-state index is 0. The first-order chi connectivity index (χ1) is 7.61. The molecule has 17 heavy (non-hydrogen) atoms. The molecule has 0 amide bonds. The fourth-order valence-electron chi connectivity index (χ4n) is 3.25. The predicted octanol–water partition coefficient (Wildman–Crippen LogP) is 5.66. The molecule has 0 saturated heterocycles. The maximum Gasteiger partial charge on any atom is 0 e. The molecule has 0 aromatic carbocycles. The van der Waals surface area contributed by atoms with Crippen molar-refractivity contribution in [3.8, 4) is 0 Å². The molecule has 0 bridgehead atoms.